The summed E-state index contributed by atoms with van der Waals surface area (Å²) in [6, 6.07) is 6.26. The van der Waals surface area contributed by atoms with E-state index >= 15 is 0 Å². The third kappa shape index (κ3) is 2.97. The van der Waals surface area contributed by atoms with Gasteiger partial charge in [-0.15, -0.1) is 0 Å². The van der Waals surface area contributed by atoms with Crippen LogP contribution in [0.4, 0.5) is 8.78 Å². The van der Waals surface area contributed by atoms with Gasteiger partial charge in [0.05, 0.1) is 6.10 Å². The van der Waals surface area contributed by atoms with Crippen LogP contribution in [0.25, 0.3) is 0 Å². The molecule has 0 spiro atoms. The highest BCUT2D eigenvalue weighted by molar-refractivity contribution is 5.90. The normalized spacial score (nSPS) is 19.4. The summed E-state index contributed by atoms with van der Waals surface area (Å²) in [5.41, 5.74) is 0.0647. The number of carbonyl (C=O) groups is 1. The van der Waals surface area contributed by atoms with Gasteiger partial charge in [0.2, 0.25) is 5.92 Å². The average Bonchev–Trinajstić information content (AvgIpc) is 2.32. The molecule has 0 atom stereocenters. The van der Waals surface area contributed by atoms with E-state index in [2.05, 4.69) is 0 Å². The van der Waals surface area contributed by atoms with Crippen LogP contribution in [-0.4, -0.2) is 23.1 Å². The molecule has 0 bridgehead atoms. The number of rotatable bonds is 3. The number of para-hydroxylation sites is 1. The van der Waals surface area contributed by atoms with Crippen molar-refractivity contribution >= 4 is 5.97 Å². The van der Waals surface area contributed by atoms with Crippen molar-refractivity contribution < 1.29 is 23.4 Å². The molecule has 5 heteroatoms. The number of ether oxygens (including phenoxy) is 1. The molecule has 2 rings (SSSR count). The number of hydrogen-bond donors (Lipinski definition) is 1. The minimum atomic E-state index is -2.60. The number of hydrogen-bond acceptors (Lipinski definition) is 2. The minimum Gasteiger partial charge on any atom is -0.490 e. The monoisotopic (exact) mass is 256 g/mol. The molecular weight excluding hydrogens is 242 g/mol. The fourth-order valence-corrected chi connectivity index (χ4v) is 2.06. The van der Waals surface area contributed by atoms with E-state index in [0.717, 1.165) is 0 Å². The second-order valence-corrected chi connectivity index (χ2v) is 4.47. The maximum atomic E-state index is 13.0. The first-order chi connectivity index (χ1) is 8.48. The van der Waals surface area contributed by atoms with Crippen molar-refractivity contribution in [2.24, 2.45) is 0 Å². The zero-order valence-corrected chi connectivity index (χ0v) is 9.73. The molecule has 0 saturated heterocycles. The van der Waals surface area contributed by atoms with Crippen LogP contribution in [0, 0.1) is 0 Å². The summed E-state index contributed by atoms with van der Waals surface area (Å²) in [4.78, 5) is 11.0. The molecule has 1 fully saturated rings. The molecule has 0 amide bonds. The van der Waals surface area contributed by atoms with Gasteiger partial charge in [-0.05, 0) is 25.0 Å². The van der Waals surface area contributed by atoms with Crippen LogP contribution in [-0.2, 0) is 0 Å². The summed E-state index contributed by atoms with van der Waals surface area (Å²) >= 11 is 0. The van der Waals surface area contributed by atoms with Crippen molar-refractivity contribution in [1.82, 2.24) is 0 Å². The Bertz CT molecular complexity index is 436. The van der Waals surface area contributed by atoms with Crippen LogP contribution >= 0.6 is 0 Å². The zero-order valence-electron chi connectivity index (χ0n) is 9.73. The molecule has 98 valence electrons. The maximum Gasteiger partial charge on any atom is 0.339 e. The molecule has 0 aliphatic heterocycles. The van der Waals surface area contributed by atoms with Gasteiger partial charge in [-0.1, -0.05) is 12.1 Å². The second-order valence-electron chi connectivity index (χ2n) is 4.47. The Morgan fingerprint density at radius 1 is 1.28 bits per heavy atom. The van der Waals surface area contributed by atoms with Gasteiger partial charge >= 0.3 is 5.97 Å². The fourth-order valence-electron chi connectivity index (χ4n) is 2.06. The van der Waals surface area contributed by atoms with E-state index in [0.29, 0.717) is 0 Å². The predicted octanol–water partition coefficient (Wildman–Crippen LogP) is 3.34. The molecular formula is C13H14F2O3. The lowest BCUT2D eigenvalue weighted by molar-refractivity contribution is -0.0583. The van der Waals surface area contributed by atoms with E-state index in [1.807, 2.05) is 0 Å². The van der Waals surface area contributed by atoms with Gasteiger partial charge in [-0.3, -0.25) is 0 Å². The minimum absolute atomic E-state index is 0.0647. The third-order valence-electron chi connectivity index (χ3n) is 3.08. The van der Waals surface area contributed by atoms with Crippen molar-refractivity contribution in [2.45, 2.75) is 37.7 Å². The van der Waals surface area contributed by atoms with Crippen LogP contribution in [0.5, 0.6) is 5.75 Å². The number of carboxylic acids is 1. The summed E-state index contributed by atoms with van der Waals surface area (Å²) in [6.45, 7) is 0. The molecule has 18 heavy (non-hydrogen) atoms. The Hall–Kier alpha value is -1.65. The van der Waals surface area contributed by atoms with Gasteiger partial charge in [-0.2, -0.15) is 0 Å². The average molecular weight is 256 g/mol. The molecule has 0 aromatic heterocycles. The van der Waals surface area contributed by atoms with Crippen molar-refractivity contribution in [3.05, 3.63) is 29.8 Å². The predicted molar refractivity (Wildman–Crippen MR) is 61.2 cm³/mol. The quantitative estimate of drug-likeness (QED) is 0.902. The molecule has 3 nitrogen and oxygen atoms in total. The molecule has 0 radical (unpaired) electrons. The van der Waals surface area contributed by atoms with Crippen molar-refractivity contribution in [3.8, 4) is 5.75 Å². The van der Waals surface area contributed by atoms with Crippen molar-refractivity contribution in [3.63, 3.8) is 0 Å². The van der Waals surface area contributed by atoms with Gasteiger partial charge in [0.15, 0.2) is 0 Å². The van der Waals surface area contributed by atoms with Crippen molar-refractivity contribution in [2.75, 3.05) is 0 Å². The van der Waals surface area contributed by atoms with Gasteiger partial charge < -0.3 is 9.84 Å². The van der Waals surface area contributed by atoms with E-state index < -0.39 is 11.9 Å². The molecule has 1 aromatic rings. The summed E-state index contributed by atoms with van der Waals surface area (Å²) in [5.74, 6) is -3.43. The zero-order chi connectivity index (χ0) is 13.2. The number of carboxylic acid groups (broad SMARTS) is 1. The van der Waals surface area contributed by atoms with E-state index in [1.54, 1.807) is 18.2 Å². The molecule has 0 unspecified atom stereocenters. The van der Waals surface area contributed by atoms with Crippen LogP contribution in [0.2, 0.25) is 0 Å². The Labute approximate surface area is 103 Å². The summed E-state index contributed by atoms with van der Waals surface area (Å²) in [7, 11) is 0. The van der Waals surface area contributed by atoms with Gasteiger partial charge in [0.1, 0.15) is 11.3 Å². The first-order valence-corrected chi connectivity index (χ1v) is 5.85. The number of halogens is 2. The molecule has 1 aliphatic carbocycles. The molecule has 1 N–H and O–H groups in total. The lowest BCUT2D eigenvalue weighted by Gasteiger charge is -2.29. The Balaban J connectivity index is 2.04. The summed E-state index contributed by atoms with van der Waals surface area (Å²) in [5, 5.41) is 8.98. The van der Waals surface area contributed by atoms with Crippen LogP contribution < -0.4 is 4.74 Å². The van der Waals surface area contributed by atoms with Crippen molar-refractivity contribution in [1.29, 1.82) is 0 Å². The summed E-state index contributed by atoms with van der Waals surface area (Å²) < 4.78 is 31.5. The Morgan fingerprint density at radius 2 is 1.89 bits per heavy atom. The van der Waals surface area contributed by atoms with Crippen LogP contribution in [0.1, 0.15) is 36.0 Å². The highest BCUT2D eigenvalue weighted by Crippen LogP contribution is 2.35. The smallest absolute Gasteiger partial charge is 0.339 e. The number of benzene rings is 1. The Kier molecular flexibility index (Phi) is 3.50. The summed E-state index contributed by atoms with van der Waals surface area (Å²) in [6.07, 6.45) is -0.230. The van der Waals surface area contributed by atoms with Crippen LogP contribution in [0.15, 0.2) is 24.3 Å². The second kappa shape index (κ2) is 4.92. The highest BCUT2D eigenvalue weighted by atomic mass is 19.3. The molecule has 1 saturated carbocycles. The Morgan fingerprint density at radius 3 is 2.50 bits per heavy atom. The van der Waals surface area contributed by atoms with Gasteiger partial charge in [0.25, 0.3) is 0 Å². The van der Waals surface area contributed by atoms with E-state index in [9.17, 15) is 13.6 Å². The van der Waals surface area contributed by atoms with Gasteiger partial charge in [0, 0.05) is 12.8 Å². The largest absolute Gasteiger partial charge is 0.490 e. The third-order valence-corrected chi connectivity index (χ3v) is 3.08. The first-order valence-electron chi connectivity index (χ1n) is 5.85. The maximum absolute atomic E-state index is 13.0. The lowest BCUT2D eigenvalue weighted by atomic mass is 9.94. The highest BCUT2D eigenvalue weighted by Gasteiger charge is 2.36. The lowest BCUT2D eigenvalue weighted by Crippen LogP contribution is -2.31. The standard InChI is InChI=1S/C13H14F2O3/c14-13(15)7-5-9(6-8-13)18-11-4-2-1-3-10(11)12(16)17/h1-4,9H,5-8H2,(H,16,17). The van der Waals surface area contributed by atoms with Crippen LogP contribution in [0.3, 0.4) is 0 Å². The number of aromatic carboxylic acids is 1. The van der Waals surface area contributed by atoms with E-state index in [-0.39, 0.29) is 43.1 Å². The molecule has 1 aromatic carbocycles. The van der Waals surface area contributed by atoms with Gasteiger partial charge in [-0.25, -0.2) is 13.6 Å². The molecule has 1 aliphatic rings. The topological polar surface area (TPSA) is 46.5 Å². The number of alkyl halides is 2. The SMILES string of the molecule is O=C(O)c1ccccc1OC1CCC(F)(F)CC1. The molecule has 0 heterocycles. The fraction of sp³-hybridized carbons (Fsp3) is 0.462. The first kappa shape index (κ1) is 12.8. The van der Waals surface area contributed by atoms with E-state index in [4.69, 9.17) is 9.84 Å². The van der Waals surface area contributed by atoms with E-state index in [1.165, 1.54) is 6.07 Å².